The maximum Gasteiger partial charge on any atom is 0.335 e. The van der Waals surface area contributed by atoms with Gasteiger partial charge in [0.1, 0.15) is 0 Å². The molecule has 12 heteroatoms. The van der Waals surface area contributed by atoms with E-state index in [0.29, 0.717) is 41.2 Å². The summed E-state index contributed by atoms with van der Waals surface area (Å²) in [4.78, 5) is 29.9. The first-order valence-electron chi connectivity index (χ1n) is 11.8. The molecule has 37 heavy (non-hydrogen) atoms. The van der Waals surface area contributed by atoms with Gasteiger partial charge in [-0.15, -0.1) is 11.3 Å². The lowest BCUT2D eigenvalue weighted by Crippen LogP contribution is -2.24. The molecule has 1 heterocycles. The third-order valence-corrected chi connectivity index (χ3v) is 8.45. The Morgan fingerprint density at radius 3 is 2.24 bits per heavy atom. The SMILES string of the molecule is CCOP(=O)(Cc1ccc(NC(=O)CCc2sc(NC(=O)NC)nc2-c2ccc(Cl)cc2)cc1)OCC. The van der Waals surface area contributed by atoms with Gasteiger partial charge in [0, 0.05) is 34.6 Å². The van der Waals surface area contributed by atoms with Gasteiger partial charge in [-0.2, -0.15) is 0 Å². The molecule has 0 aliphatic rings. The zero-order valence-corrected chi connectivity index (χ0v) is 23.3. The summed E-state index contributed by atoms with van der Waals surface area (Å²) in [6.45, 7) is 4.14. The van der Waals surface area contributed by atoms with Crippen molar-refractivity contribution in [1.29, 1.82) is 0 Å². The summed E-state index contributed by atoms with van der Waals surface area (Å²) in [5.74, 6) is -0.168. The van der Waals surface area contributed by atoms with E-state index in [4.69, 9.17) is 20.6 Å². The van der Waals surface area contributed by atoms with Crippen molar-refractivity contribution < 1.29 is 23.2 Å². The number of amides is 3. The van der Waals surface area contributed by atoms with Crippen LogP contribution in [0.1, 0.15) is 30.7 Å². The Morgan fingerprint density at radius 1 is 1.00 bits per heavy atom. The Kier molecular flexibility index (Phi) is 10.7. The Morgan fingerprint density at radius 2 is 1.65 bits per heavy atom. The molecule has 2 aromatic carbocycles. The number of nitrogens with zero attached hydrogens (tertiary/aromatic N) is 1. The molecule has 9 nitrogen and oxygen atoms in total. The minimum Gasteiger partial charge on any atom is -0.341 e. The van der Waals surface area contributed by atoms with Crippen molar-refractivity contribution in [3.05, 3.63) is 64.0 Å². The molecule has 0 spiro atoms. The van der Waals surface area contributed by atoms with E-state index >= 15 is 0 Å². The monoisotopic (exact) mass is 564 g/mol. The number of urea groups is 1. The number of hydrogen-bond donors (Lipinski definition) is 3. The minimum absolute atomic E-state index is 0.161. The molecule has 0 aliphatic heterocycles. The van der Waals surface area contributed by atoms with Crippen LogP contribution < -0.4 is 16.0 Å². The molecule has 0 unspecified atom stereocenters. The predicted molar refractivity (Wildman–Crippen MR) is 149 cm³/mol. The van der Waals surface area contributed by atoms with Crippen molar-refractivity contribution in [3.8, 4) is 11.3 Å². The van der Waals surface area contributed by atoms with Gasteiger partial charge >= 0.3 is 13.6 Å². The topological polar surface area (TPSA) is 119 Å². The lowest BCUT2D eigenvalue weighted by molar-refractivity contribution is -0.116. The molecule has 0 saturated heterocycles. The van der Waals surface area contributed by atoms with Crippen molar-refractivity contribution in [2.45, 2.75) is 32.9 Å². The first kappa shape index (κ1) is 28.8. The van der Waals surface area contributed by atoms with Crippen molar-refractivity contribution in [1.82, 2.24) is 10.3 Å². The molecule has 0 radical (unpaired) electrons. The number of aromatic nitrogens is 1. The van der Waals surface area contributed by atoms with Gasteiger partial charge in [0.15, 0.2) is 5.13 Å². The number of thiazole rings is 1. The molecule has 0 bridgehead atoms. The van der Waals surface area contributed by atoms with Crippen LogP contribution in [0, 0.1) is 0 Å². The van der Waals surface area contributed by atoms with Crippen LogP contribution in [0.15, 0.2) is 48.5 Å². The highest BCUT2D eigenvalue weighted by atomic mass is 35.5. The number of nitrogens with one attached hydrogen (secondary N) is 3. The van der Waals surface area contributed by atoms with Crippen molar-refractivity contribution in [2.24, 2.45) is 0 Å². The Bertz CT molecular complexity index is 1240. The molecule has 0 atom stereocenters. The molecule has 1 aromatic heterocycles. The summed E-state index contributed by atoms with van der Waals surface area (Å²) in [7, 11) is -1.68. The van der Waals surface area contributed by atoms with E-state index in [2.05, 4.69) is 20.9 Å². The normalized spacial score (nSPS) is 11.2. The lowest BCUT2D eigenvalue weighted by Gasteiger charge is -2.17. The molecule has 3 aromatic rings. The lowest BCUT2D eigenvalue weighted by atomic mass is 10.1. The Hall–Kier alpha value is -2.75. The minimum atomic E-state index is -3.20. The second-order valence-corrected chi connectivity index (χ2v) is 11.4. The summed E-state index contributed by atoms with van der Waals surface area (Å²) in [5, 5.41) is 9.12. The number of halogens is 1. The standard InChI is InChI=1S/C25H30ClN4O5PS/c1-4-34-36(33,35-5-2)16-17-6-12-20(13-7-17)28-22(31)15-14-21-23(18-8-10-19(26)11-9-18)29-25(37-21)30-24(32)27-3/h6-13H,4-5,14-16H2,1-3H3,(H,28,31)(H2,27,29,30,32). The average Bonchev–Trinajstić information content (AvgIpc) is 3.27. The number of carbonyl (C=O) groups excluding carboxylic acids is 2. The fourth-order valence-corrected chi connectivity index (χ4v) is 6.26. The molecule has 3 N–H and O–H groups in total. The van der Waals surface area contributed by atoms with E-state index in [0.717, 1.165) is 16.0 Å². The largest absolute Gasteiger partial charge is 0.341 e. The van der Waals surface area contributed by atoms with E-state index < -0.39 is 7.60 Å². The number of carbonyl (C=O) groups is 2. The summed E-state index contributed by atoms with van der Waals surface area (Å²) in [6.07, 6.45) is 0.808. The maximum atomic E-state index is 12.7. The van der Waals surface area contributed by atoms with Crippen LogP contribution in [0.5, 0.6) is 0 Å². The Balaban J connectivity index is 1.65. The van der Waals surface area contributed by atoms with Gasteiger partial charge in [-0.1, -0.05) is 35.9 Å². The molecule has 0 fully saturated rings. The molecule has 0 saturated carbocycles. The van der Waals surface area contributed by atoms with Gasteiger partial charge in [-0.3, -0.25) is 14.7 Å². The number of hydrogen-bond acceptors (Lipinski definition) is 7. The average molecular weight is 565 g/mol. The molecular formula is C25H30ClN4O5PS. The summed E-state index contributed by atoms with van der Waals surface area (Å²) >= 11 is 7.34. The fourth-order valence-electron chi connectivity index (χ4n) is 3.46. The number of aryl methyl sites for hydroxylation is 1. The third-order valence-electron chi connectivity index (χ3n) is 5.11. The molecule has 3 rings (SSSR count). The van der Waals surface area contributed by atoms with Gasteiger partial charge in [0.25, 0.3) is 0 Å². The summed E-state index contributed by atoms with van der Waals surface area (Å²) in [5.41, 5.74) is 2.95. The zero-order valence-electron chi connectivity index (χ0n) is 20.9. The molecular weight excluding hydrogens is 535 g/mol. The summed E-state index contributed by atoms with van der Waals surface area (Å²) < 4.78 is 23.4. The first-order valence-corrected chi connectivity index (χ1v) is 14.7. The zero-order chi connectivity index (χ0) is 26.8. The second-order valence-electron chi connectivity index (χ2n) is 7.85. The highest BCUT2D eigenvalue weighted by Crippen LogP contribution is 2.51. The van der Waals surface area contributed by atoms with E-state index in [1.807, 2.05) is 12.1 Å². The van der Waals surface area contributed by atoms with Crippen molar-refractivity contribution >= 4 is 53.3 Å². The van der Waals surface area contributed by atoms with Gasteiger partial charge in [0.2, 0.25) is 5.91 Å². The van der Waals surface area contributed by atoms with Crippen LogP contribution in [0.3, 0.4) is 0 Å². The van der Waals surface area contributed by atoms with Gasteiger partial charge < -0.3 is 19.7 Å². The van der Waals surface area contributed by atoms with Crippen LogP contribution in [-0.4, -0.2) is 37.2 Å². The summed E-state index contributed by atoms with van der Waals surface area (Å²) in [6, 6.07) is 14.0. The van der Waals surface area contributed by atoms with E-state index in [1.54, 1.807) is 50.2 Å². The number of rotatable bonds is 12. The van der Waals surface area contributed by atoms with Crippen LogP contribution in [0.25, 0.3) is 11.3 Å². The number of anilines is 2. The van der Waals surface area contributed by atoms with E-state index in [9.17, 15) is 14.2 Å². The van der Waals surface area contributed by atoms with Crippen molar-refractivity contribution in [2.75, 3.05) is 30.9 Å². The van der Waals surface area contributed by atoms with E-state index in [1.165, 1.54) is 18.4 Å². The van der Waals surface area contributed by atoms with Crippen LogP contribution in [-0.2, 0) is 31.0 Å². The molecule has 0 aliphatic carbocycles. The van der Waals surface area contributed by atoms with Gasteiger partial charge in [-0.05, 0) is 50.1 Å². The highest BCUT2D eigenvalue weighted by molar-refractivity contribution is 7.53. The maximum absolute atomic E-state index is 12.7. The quantitative estimate of drug-likeness (QED) is 0.215. The first-order chi connectivity index (χ1) is 17.7. The molecule has 3 amide bonds. The van der Waals surface area contributed by atoms with Gasteiger partial charge in [-0.25, -0.2) is 9.78 Å². The van der Waals surface area contributed by atoms with Crippen LogP contribution in [0.2, 0.25) is 5.02 Å². The fraction of sp³-hybridized carbons (Fsp3) is 0.320. The third kappa shape index (κ3) is 8.66. The van der Waals surface area contributed by atoms with Crippen LogP contribution in [0.4, 0.5) is 15.6 Å². The van der Waals surface area contributed by atoms with Crippen molar-refractivity contribution in [3.63, 3.8) is 0 Å². The smallest absolute Gasteiger partial charge is 0.335 e. The molecule has 198 valence electrons. The van der Waals surface area contributed by atoms with Gasteiger partial charge in [0.05, 0.1) is 25.1 Å². The number of benzene rings is 2. The highest BCUT2D eigenvalue weighted by Gasteiger charge is 2.24. The van der Waals surface area contributed by atoms with Crippen LogP contribution >= 0.6 is 30.5 Å². The predicted octanol–water partition coefficient (Wildman–Crippen LogP) is 6.55. The van der Waals surface area contributed by atoms with E-state index in [-0.39, 0.29) is 24.5 Å². The second kappa shape index (κ2) is 13.7. The Labute approximate surface area is 225 Å².